The van der Waals surface area contributed by atoms with Gasteiger partial charge in [-0.1, -0.05) is 42.5 Å². The standard InChI is InChI=1S/C18H19FN2O2S2/c19-16-8-4-5-9-17(16)20-18(24)21(12-14-6-2-1-3-7-14)15-10-11-25(22,23)13-15/h1-9,15H,10-13H2,(H,20,24)/t15-/m1/s1. The topological polar surface area (TPSA) is 49.4 Å². The average molecular weight is 378 g/mol. The predicted molar refractivity (Wildman–Crippen MR) is 102 cm³/mol. The van der Waals surface area contributed by atoms with Gasteiger partial charge in [-0.15, -0.1) is 0 Å². The van der Waals surface area contributed by atoms with Crippen LogP contribution in [0.1, 0.15) is 12.0 Å². The second-order valence-electron chi connectivity index (χ2n) is 6.08. The van der Waals surface area contributed by atoms with E-state index in [1.165, 1.54) is 6.07 Å². The Bertz CT molecular complexity index is 856. The Morgan fingerprint density at radius 1 is 1.16 bits per heavy atom. The molecule has 1 N–H and O–H groups in total. The molecule has 25 heavy (non-hydrogen) atoms. The monoisotopic (exact) mass is 378 g/mol. The molecule has 4 nitrogen and oxygen atoms in total. The Morgan fingerprint density at radius 2 is 1.84 bits per heavy atom. The molecule has 0 saturated carbocycles. The number of hydrogen-bond acceptors (Lipinski definition) is 3. The van der Waals surface area contributed by atoms with Gasteiger partial charge in [0.15, 0.2) is 14.9 Å². The normalized spacial score (nSPS) is 18.7. The van der Waals surface area contributed by atoms with Crippen molar-refractivity contribution in [1.82, 2.24) is 4.90 Å². The molecule has 0 radical (unpaired) electrons. The summed E-state index contributed by atoms with van der Waals surface area (Å²) < 4.78 is 37.7. The van der Waals surface area contributed by atoms with Crippen molar-refractivity contribution in [3.05, 3.63) is 66.0 Å². The lowest BCUT2D eigenvalue weighted by Gasteiger charge is -2.31. The zero-order valence-corrected chi connectivity index (χ0v) is 15.2. The fourth-order valence-electron chi connectivity index (χ4n) is 2.92. The molecule has 2 aromatic carbocycles. The number of rotatable bonds is 4. The molecule has 3 rings (SSSR count). The largest absolute Gasteiger partial charge is 0.341 e. The minimum absolute atomic E-state index is 0.0684. The highest BCUT2D eigenvalue weighted by atomic mass is 32.2. The van der Waals surface area contributed by atoms with Crippen LogP contribution in [0.25, 0.3) is 0 Å². The van der Waals surface area contributed by atoms with Crippen LogP contribution in [0.15, 0.2) is 54.6 Å². The number of halogens is 1. The third-order valence-electron chi connectivity index (χ3n) is 4.22. The third kappa shape index (κ3) is 4.55. The van der Waals surface area contributed by atoms with Crippen LogP contribution in [-0.2, 0) is 16.4 Å². The summed E-state index contributed by atoms with van der Waals surface area (Å²) >= 11 is 5.48. The van der Waals surface area contributed by atoms with E-state index >= 15 is 0 Å². The first-order valence-corrected chi connectivity index (χ1v) is 10.2. The molecule has 1 atom stereocenters. The van der Waals surface area contributed by atoms with Gasteiger partial charge in [0, 0.05) is 12.6 Å². The van der Waals surface area contributed by atoms with Crippen molar-refractivity contribution in [2.75, 3.05) is 16.8 Å². The third-order valence-corrected chi connectivity index (χ3v) is 6.31. The highest BCUT2D eigenvalue weighted by Gasteiger charge is 2.33. The summed E-state index contributed by atoms with van der Waals surface area (Å²) in [6, 6.07) is 15.8. The van der Waals surface area contributed by atoms with Gasteiger partial charge in [-0.25, -0.2) is 12.8 Å². The van der Waals surface area contributed by atoms with Crippen molar-refractivity contribution in [3.63, 3.8) is 0 Å². The second kappa shape index (κ2) is 7.49. The quantitative estimate of drug-likeness (QED) is 0.828. The molecule has 0 unspecified atom stereocenters. The molecular weight excluding hydrogens is 359 g/mol. The van der Waals surface area contributed by atoms with Crippen LogP contribution < -0.4 is 5.32 Å². The van der Waals surface area contributed by atoms with E-state index in [9.17, 15) is 12.8 Å². The van der Waals surface area contributed by atoms with Gasteiger partial charge in [-0.3, -0.25) is 0 Å². The van der Waals surface area contributed by atoms with Crippen molar-refractivity contribution < 1.29 is 12.8 Å². The Kier molecular flexibility index (Phi) is 5.34. The number of nitrogens with zero attached hydrogens (tertiary/aromatic N) is 1. The number of hydrogen-bond donors (Lipinski definition) is 1. The molecule has 0 aromatic heterocycles. The molecular formula is C18H19FN2O2S2. The van der Waals surface area contributed by atoms with Crippen LogP contribution in [0.2, 0.25) is 0 Å². The molecule has 7 heteroatoms. The van der Waals surface area contributed by atoms with Crippen molar-refractivity contribution in [2.24, 2.45) is 0 Å². The van der Waals surface area contributed by atoms with Crippen LogP contribution in [0, 0.1) is 5.82 Å². The molecule has 1 heterocycles. The molecule has 0 aliphatic carbocycles. The Morgan fingerprint density at radius 3 is 2.48 bits per heavy atom. The maximum atomic E-state index is 13.9. The Balaban J connectivity index is 1.82. The van der Waals surface area contributed by atoms with E-state index in [1.54, 1.807) is 18.2 Å². The lowest BCUT2D eigenvalue weighted by atomic mass is 10.1. The zero-order valence-electron chi connectivity index (χ0n) is 13.6. The predicted octanol–water partition coefficient (Wildman–Crippen LogP) is 3.21. The van der Waals surface area contributed by atoms with E-state index in [4.69, 9.17) is 12.2 Å². The van der Waals surface area contributed by atoms with E-state index in [1.807, 2.05) is 35.2 Å². The molecule has 1 aliphatic rings. The van der Waals surface area contributed by atoms with Gasteiger partial charge in [0.05, 0.1) is 17.2 Å². The van der Waals surface area contributed by atoms with Crippen LogP contribution in [0.4, 0.5) is 10.1 Å². The maximum Gasteiger partial charge on any atom is 0.174 e. The zero-order chi connectivity index (χ0) is 17.9. The highest BCUT2D eigenvalue weighted by Crippen LogP contribution is 2.22. The van der Waals surface area contributed by atoms with Crippen molar-refractivity contribution in [2.45, 2.75) is 19.0 Å². The molecule has 2 aromatic rings. The first-order chi connectivity index (χ1) is 11.9. The van der Waals surface area contributed by atoms with Crippen molar-refractivity contribution >= 4 is 32.9 Å². The summed E-state index contributed by atoms with van der Waals surface area (Å²) in [4.78, 5) is 1.85. The first-order valence-electron chi connectivity index (χ1n) is 8.01. The van der Waals surface area contributed by atoms with Crippen LogP contribution in [0.5, 0.6) is 0 Å². The van der Waals surface area contributed by atoms with Gasteiger partial charge >= 0.3 is 0 Å². The molecule has 1 saturated heterocycles. The number of benzene rings is 2. The number of anilines is 1. The number of thiocarbonyl (C=S) groups is 1. The molecule has 1 aliphatic heterocycles. The van der Waals surface area contributed by atoms with Crippen LogP contribution in [0.3, 0.4) is 0 Å². The Labute approximate surface area is 152 Å². The average Bonchev–Trinajstić information content (AvgIpc) is 2.95. The van der Waals surface area contributed by atoms with E-state index in [-0.39, 0.29) is 23.2 Å². The molecule has 0 amide bonds. The van der Waals surface area contributed by atoms with Gasteiger partial charge in [0.2, 0.25) is 0 Å². The Hall–Kier alpha value is -1.99. The minimum atomic E-state index is -3.05. The van der Waals surface area contributed by atoms with E-state index in [2.05, 4.69) is 5.32 Å². The van der Waals surface area contributed by atoms with Gasteiger partial charge < -0.3 is 10.2 Å². The van der Waals surface area contributed by atoms with Crippen LogP contribution in [-0.4, -0.2) is 36.0 Å². The number of para-hydroxylation sites is 1. The van der Waals surface area contributed by atoms with E-state index in [0.717, 1.165) is 5.56 Å². The smallest absolute Gasteiger partial charge is 0.174 e. The fourth-order valence-corrected chi connectivity index (χ4v) is 4.97. The van der Waals surface area contributed by atoms with Crippen LogP contribution >= 0.6 is 12.2 Å². The minimum Gasteiger partial charge on any atom is -0.341 e. The van der Waals surface area contributed by atoms with Gasteiger partial charge in [-0.2, -0.15) is 0 Å². The summed E-state index contributed by atoms with van der Waals surface area (Å²) in [7, 11) is -3.05. The van der Waals surface area contributed by atoms with Crippen molar-refractivity contribution in [1.29, 1.82) is 0 Å². The highest BCUT2D eigenvalue weighted by molar-refractivity contribution is 7.91. The first kappa shape index (κ1) is 17.8. The number of nitrogens with one attached hydrogen (secondary N) is 1. The van der Waals surface area contributed by atoms with Crippen molar-refractivity contribution in [3.8, 4) is 0 Å². The summed E-state index contributed by atoms with van der Waals surface area (Å²) in [6.07, 6.45) is 0.522. The maximum absolute atomic E-state index is 13.9. The molecule has 1 fully saturated rings. The summed E-state index contributed by atoms with van der Waals surface area (Å²) in [5, 5.41) is 3.25. The second-order valence-corrected chi connectivity index (χ2v) is 8.70. The van der Waals surface area contributed by atoms with Gasteiger partial charge in [0.25, 0.3) is 0 Å². The molecule has 0 spiro atoms. The fraction of sp³-hybridized carbons (Fsp3) is 0.278. The lowest BCUT2D eigenvalue weighted by molar-refractivity contribution is 0.332. The van der Waals surface area contributed by atoms with Gasteiger partial charge in [-0.05, 0) is 36.3 Å². The SMILES string of the molecule is O=S1(=O)CC[C@@H](N(Cc2ccccc2)C(=S)Nc2ccccc2F)C1. The van der Waals surface area contributed by atoms with E-state index < -0.39 is 15.7 Å². The molecule has 0 bridgehead atoms. The number of sulfone groups is 1. The summed E-state index contributed by atoms with van der Waals surface area (Å²) in [6.45, 7) is 0.474. The summed E-state index contributed by atoms with van der Waals surface area (Å²) in [5.41, 5.74) is 1.30. The molecule has 132 valence electrons. The van der Waals surface area contributed by atoms with Gasteiger partial charge in [0.1, 0.15) is 5.82 Å². The van der Waals surface area contributed by atoms with E-state index in [0.29, 0.717) is 18.1 Å². The lowest BCUT2D eigenvalue weighted by Crippen LogP contribution is -2.43. The summed E-state index contributed by atoms with van der Waals surface area (Å²) in [5.74, 6) is -0.173.